The van der Waals surface area contributed by atoms with Crippen LogP contribution in [0.15, 0.2) is 120 Å². The number of hydrogen-bond donors (Lipinski definition) is 0. The van der Waals surface area contributed by atoms with Gasteiger partial charge in [-0.2, -0.15) is 10.5 Å². The summed E-state index contributed by atoms with van der Waals surface area (Å²) in [4.78, 5) is 0. The summed E-state index contributed by atoms with van der Waals surface area (Å²) < 4.78 is 11.0. The van der Waals surface area contributed by atoms with E-state index in [-0.39, 0.29) is 5.41 Å². The second-order valence-corrected chi connectivity index (χ2v) is 13.2. The highest BCUT2D eigenvalue weighted by atomic mass is 16.3. The maximum Gasteiger partial charge on any atom is 0.145 e. The number of para-hydroxylation sites is 3. The summed E-state index contributed by atoms with van der Waals surface area (Å²) in [5.74, 6) is 0. The molecular formula is C42H28N4O. The van der Waals surface area contributed by atoms with Crippen molar-refractivity contribution in [2.45, 2.75) is 26.2 Å². The molecule has 0 atom stereocenters. The van der Waals surface area contributed by atoms with Crippen LogP contribution in [0.3, 0.4) is 0 Å². The molecule has 0 amide bonds. The van der Waals surface area contributed by atoms with E-state index in [9.17, 15) is 10.5 Å². The van der Waals surface area contributed by atoms with Crippen molar-refractivity contribution in [3.05, 3.63) is 132 Å². The van der Waals surface area contributed by atoms with Crippen molar-refractivity contribution in [2.75, 3.05) is 0 Å². The molecule has 0 saturated carbocycles. The average molecular weight is 605 g/mol. The van der Waals surface area contributed by atoms with Gasteiger partial charge in [0, 0.05) is 26.9 Å². The van der Waals surface area contributed by atoms with E-state index in [1.165, 1.54) is 5.56 Å². The number of nitriles is 2. The first-order valence-electron chi connectivity index (χ1n) is 15.7. The fraction of sp³-hybridized carbons (Fsp3) is 0.0952. The fourth-order valence-corrected chi connectivity index (χ4v) is 7.37. The molecule has 0 fully saturated rings. The second kappa shape index (κ2) is 9.60. The van der Waals surface area contributed by atoms with E-state index in [1.54, 1.807) is 12.1 Å². The number of hydrogen-bond acceptors (Lipinski definition) is 3. The number of benzene rings is 6. The van der Waals surface area contributed by atoms with Crippen molar-refractivity contribution in [1.29, 1.82) is 10.5 Å². The lowest BCUT2D eigenvalue weighted by Gasteiger charge is -2.20. The van der Waals surface area contributed by atoms with Crippen LogP contribution in [0.4, 0.5) is 0 Å². The number of rotatable bonds is 2. The van der Waals surface area contributed by atoms with Gasteiger partial charge in [0.05, 0.1) is 50.0 Å². The van der Waals surface area contributed by atoms with Gasteiger partial charge in [-0.25, -0.2) is 0 Å². The molecule has 0 aliphatic carbocycles. The van der Waals surface area contributed by atoms with E-state index < -0.39 is 0 Å². The second-order valence-electron chi connectivity index (χ2n) is 13.2. The van der Waals surface area contributed by atoms with E-state index in [0.29, 0.717) is 22.5 Å². The van der Waals surface area contributed by atoms with Crippen molar-refractivity contribution in [3.8, 4) is 23.5 Å². The summed E-state index contributed by atoms with van der Waals surface area (Å²) >= 11 is 0. The number of furan rings is 1. The molecule has 0 bridgehead atoms. The smallest absolute Gasteiger partial charge is 0.145 e. The molecule has 0 N–H and O–H groups in total. The fourth-order valence-electron chi connectivity index (χ4n) is 7.37. The molecule has 0 aliphatic rings. The quantitative estimate of drug-likeness (QED) is 0.197. The Morgan fingerprint density at radius 3 is 1.68 bits per heavy atom. The molecule has 47 heavy (non-hydrogen) atoms. The molecular weight excluding hydrogens is 576 g/mol. The zero-order valence-electron chi connectivity index (χ0n) is 26.2. The molecule has 0 saturated heterocycles. The van der Waals surface area contributed by atoms with Crippen LogP contribution in [-0.2, 0) is 5.41 Å². The zero-order chi connectivity index (χ0) is 32.0. The minimum atomic E-state index is -0.0863. The normalized spacial score (nSPS) is 12.1. The van der Waals surface area contributed by atoms with E-state index in [2.05, 4.69) is 103 Å². The summed E-state index contributed by atoms with van der Waals surface area (Å²) in [5, 5.41) is 27.7. The van der Waals surface area contributed by atoms with Gasteiger partial charge >= 0.3 is 0 Å². The Hall–Kier alpha value is -6.30. The van der Waals surface area contributed by atoms with Gasteiger partial charge in [-0.3, -0.25) is 0 Å². The SMILES string of the molecule is CC(C)(C)c1ccc2c(c1)c1c3oc4ccccc4c3ccc1n2-c1c(C#N)ccc(C#N)c1-n1c2ccccc2c2ccccc21. The van der Waals surface area contributed by atoms with Gasteiger partial charge < -0.3 is 13.6 Å². The maximum atomic E-state index is 10.7. The first kappa shape index (κ1) is 27.0. The summed E-state index contributed by atoms with van der Waals surface area (Å²) in [6.45, 7) is 6.65. The average Bonchev–Trinajstić information content (AvgIpc) is 3.74. The molecule has 0 aliphatic heterocycles. The van der Waals surface area contributed by atoms with Crippen LogP contribution in [0.5, 0.6) is 0 Å². The molecule has 9 aromatic rings. The van der Waals surface area contributed by atoms with Gasteiger partial charge in [0.15, 0.2) is 0 Å². The van der Waals surface area contributed by atoms with Crippen molar-refractivity contribution in [3.63, 3.8) is 0 Å². The lowest BCUT2D eigenvalue weighted by atomic mass is 9.86. The van der Waals surface area contributed by atoms with Gasteiger partial charge in [0.25, 0.3) is 0 Å². The summed E-state index contributed by atoms with van der Waals surface area (Å²) in [6, 6.07) is 44.0. The van der Waals surface area contributed by atoms with Crippen LogP contribution in [0.1, 0.15) is 37.5 Å². The minimum absolute atomic E-state index is 0.0863. The number of aromatic nitrogens is 2. The van der Waals surface area contributed by atoms with E-state index >= 15 is 0 Å². The lowest BCUT2D eigenvalue weighted by molar-refractivity contribution is 0.591. The van der Waals surface area contributed by atoms with Crippen LogP contribution < -0.4 is 0 Å². The molecule has 0 spiro atoms. The van der Waals surface area contributed by atoms with Crippen molar-refractivity contribution in [2.24, 2.45) is 0 Å². The highest BCUT2D eigenvalue weighted by Gasteiger charge is 2.27. The number of nitrogens with zero attached hydrogens (tertiary/aromatic N) is 4. The summed E-state index contributed by atoms with van der Waals surface area (Å²) in [7, 11) is 0. The molecule has 5 nitrogen and oxygen atoms in total. The zero-order valence-corrected chi connectivity index (χ0v) is 26.2. The summed E-state index contributed by atoms with van der Waals surface area (Å²) in [6.07, 6.45) is 0. The summed E-state index contributed by atoms with van der Waals surface area (Å²) in [5.41, 5.74) is 8.84. The molecule has 222 valence electrons. The Labute approximate surface area is 270 Å². The molecule has 6 aromatic carbocycles. The van der Waals surface area contributed by atoms with Crippen LogP contribution in [0, 0.1) is 22.7 Å². The topological polar surface area (TPSA) is 70.6 Å². The Kier molecular flexibility index (Phi) is 5.52. The first-order valence-corrected chi connectivity index (χ1v) is 15.7. The third-order valence-electron chi connectivity index (χ3n) is 9.56. The monoisotopic (exact) mass is 604 g/mol. The lowest BCUT2D eigenvalue weighted by Crippen LogP contribution is -2.11. The highest BCUT2D eigenvalue weighted by Crippen LogP contribution is 2.44. The van der Waals surface area contributed by atoms with Crippen molar-refractivity contribution < 1.29 is 4.42 Å². The maximum absolute atomic E-state index is 10.7. The highest BCUT2D eigenvalue weighted by molar-refractivity contribution is 6.24. The van der Waals surface area contributed by atoms with Crippen LogP contribution in [-0.4, -0.2) is 9.13 Å². The third kappa shape index (κ3) is 3.69. The standard InChI is InChI=1S/C42H28N4O/c1-42(2,3)27-18-20-35-32(22-27)38-36(21-19-31-30-12-6-9-15-37(30)47-41(31)38)46(35)40-26(24-44)17-16-25(23-43)39(40)45-33-13-7-4-10-28(33)29-11-5-8-14-34(29)45/h4-22H,1-3H3. The number of fused-ring (bicyclic) bond motifs is 10. The van der Waals surface area contributed by atoms with Crippen molar-refractivity contribution >= 4 is 65.6 Å². The van der Waals surface area contributed by atoms with E-state index in [0.717, 1.165) is 65.6 Å². The Bertz CT molecular complexity index is 2800. The predicted molar refractivity (Wildman–Crippen MR) is 191 cm³/mol. The van der Waals surface area contributed by atoms with Gasteiger partial charge in [-0.15, -0.1) is 0 Å². The molecule has 5 heteroatoms. The largest absolute Gasteiger partial charge is 0.455 e. The van der Waals surface area contributed by atoms with Crippen molar-refractivity contribution in [1.82, 2.24) is 9.13 Å². The minimum Gasteiger partial charge on any atom is -0.455 e. The molecule has 0 unspecified atom stereocenters. The molecule has 3 aromatic heterocycles. The Morgan fingerprint density at radius 1 is 0.532 bits per heavy atom. The molecule has 3 heterocycles. The van der Waals surface area contributed by atoms with Crippen LogP contribution >= 0.6 is 0 Å². The van der Waals surface area contributed by atoms with Gasteiger partial charge in [-0.05, 0) is 65.6 Å². The van der Waals surface area contributed by atoms with Gasteiger partial charge in [0.2, 0.25) is 0 Å². The Morgan fingerprint density at radius 2 is 1.06 bits per heavy atom. The third-order valence-corrected chi connectivity index (χ3v) is 9.56. The van der Waals surface area contributed by atoms with E-state index in [1.807, 2.05) is 42.5 Å². The molecule has 9 rings (SSSR count). The van der Waals surface area contributed by atoms with Crippen LogP contribution in [0.2, 0.25) is 0 Å². The Balaban J connectivity index is 1.53. The van der Waals surface area contributed by atoms with Gasteiger partial charge in [-0.1, -0.05) is 81.4 Å². The first-order chi connectivity index (χ1) is 22.9. The van der Waals surface area contributed by atoms with Gasteiger partial charge in [0.1, 0.15) is 23.3 Å². The predicted octanol–water partition coefficient (Wildman–Crippen LogP) is 10.8. The molecule has 0 radical (unpaired) electrons. The van der Waals surface area contributed by atoms with Crippen LogP contribution in [0.25, 0.3) is 76.9 Å². The van der Waals surface area contributed by atoms with E-state index in [4.69, 9.17) is 4.42 Å².